The predicted molar refractivity (Wildman–Crippen MR) is 76.8 cm³/mol. The first-order chi connectivity index (χ1) is 9.08. The second kappa shape index (κ2) is 6.34. The van der Waals surface area contributed by atoms with Crippen molar-refractivity contribution < 1.29 is 9.53 Å². The first kappa shape index (κ1) is 14.3. The smallest absolute Gasteiger partial charge is 0.255 e. The molecule has 1 unspecified atom stereocenters. The molecular formula is C13H18BrN3O2. The third-order valence-corrected chi connectivity index (χ3v) is 3.90. The molecule has 1 aromatic rings. The number of hydrogen-bond acceptors (Lipinski definition) is 4. The second-order valence-corrected chi connectivity index (χ2v) is 5.71. The van der Waals surface area contributed by atoms with Crippen LogP contribution in [0, 0.1) is 5.92 Å². The van der Waals surface area contributed by atoms with Gasteiger partial charge in [0.15, 0.2) is 0 Å². The molecule has 1 amide bonds. The SMILES string of the molecule is CC(NC(=O)c1cc(Br)cnc1N)C1CCOCC1. The summed E-state index contributed by atoms with van der Waals surface area (Å²) in [5.41, 5.74) is 6.14. The first-order valence-corrected chi connectivity index (χ1v) is 7.17. The van der Waals surface area contributed by atoms with E-state index in [4.69, 9.17) is 10.5 Å². The number of amides is 1. The van der Waals surface area contributed by atoms with Gasteiger partial charge in [-0.05, 0) is 47.7 Å². The predicted octanol–water partition coefficient (Wildman–Crippen LogP) is 1.97. The van der Waals surface area contributed by atoms with Gasteiger partial charge in [-0.25, -0.2) is 4.98 Å². The molecule has 0 aliphatic carbocycles. The van der Waals surface area contributed by atoms with E-state index >= 15 is 0 Å². The summed E-state index contributed by atoms with van der Waals surface area (Å²) >= 11 is 3.29. The molecule has 0 aromatic carbocycles. The lowest BCUT2D eigenvalue weighted by Crippen LogP contribution is -2.40. The van der Waals surface area contributed by atoms with Crippen molar-refractivity contribution in [1.82, 2.24) is 10.3 Å². The van der Waals surface area contributed by atoms with Crippen LogP contribution in [0.3, 0.4) is 0 Å². The lowest BCUT2D eigenvalue weighted by molar-refractivity contribution is 0.0538. The number of nitrogen functional groups attached to an aromatic ring is 1. The highest BCUT2D eigenvalue weighted by Gasteiger charge is 2.23. The van der Waals surface area contributed by atoms with Gasteiger partial charge in [-0.1, -0.05) is 0 Å². The third kappa shape index (κ3) is 3.67. The van der Waals surface area contributed by atoms with Crippen molar-refractivity contribution in [3.05, 3.63) is 22.3 Å². The number of carbonyl (C=O) groups excluding carboxylic acids is 1. The summed E-state index contributed by atoms with van der Waals surface area (Å²) < 4.78 is 6.07. The lowest BCUT2D eigenvalue weighted by Gasteiger charge is -2.28. The minimum absolute atomic E-state index is 0.106. The van der Waals surface area contributed by atoms with Gasteiger partial charge in [0.1, 0.15) is 5.82 Å². The molecule has 19 heavy (non-hydrogen) atoms. The van der Waals surface area contributed by atoms with E-state index in [0.717, 1.165) is 30.5 Å². The molecule has 0 spiro atoms. The van der Waals surface area contributed by atoms with Crippen LogP contribution >= 0.6 is 15.9 Å². The molecule has 1 aliphatic rings. The van der Waals surface area contributed by atoms with Crippen molar-refractivity contribution in [2.24, 2.45) is 5.92 Å². The van der Waals surface area contributed by atoms with E-state index in [2.05, 4.69) is 26.2 Å². The third-order valence-electron chi connectivity index (χ3n) is 3.46. The van der Waals surface area contributed by atoms with Crippen molar-refractivity contribution in [3.8, 4) is 0 Å². The molecule has 104 valence electrons. The topological polar surface area (TPSA) is 77.2 Å². The van der Waals surface area contributed by atoms with Crippen molar-refractivity contribution in [2.75, 3.05) is 18.9 Å². The number of nitrogens with zero attached hydrogens (tertiary/aromatic N) is 1. The fourth-order valence-corrected chi connectivity index (χ4v) is 2.58. The van der Waals surface area contributed by atoms with E-state index in [-0.39, 0.29) is 17.8 Å². The number of carbonyl (C=O) groups is 1. The lowest BCUT2D eigenvalue weighted by atomic mass is 9.93. The Labute approximate surface area is 121 Å². The highest BCUT2D eigenvalue weighted by Crippen LogP contribution is 2.20. The Morgan fingerprint density at radius 1 is 1.58 bits per heavy atom. The van der Waals surface area contributed by atoms with Crippen molar-refractivity contribution in [1.29, 1.82) is 0 Å². The Morgan fingerprint density at radius 2 is 2.26 bits per heavy atom. The van der Waals surface area contributed by atoms with Crippen LogP contribution < -0.4 is 11.1 Å². The van der Waals surface area contributed by atoms with Crippen LogP contribution in [0.4, 0.5) is 5.82 Å². The number of rotatable bonds is 3. The van der Waals surface area contributed by atoms with Crippen molar-refractivity contribution in [3.63, 3.8) is 0 Å². The summed E-state index contributed by atoms with van der Waals surface area (Å²) in [7, 11) is 0. The van der Waals surface area contributed by atoms with Gasteiger partial charge in [-0.15, -0.1) is 0 Å². The van der Waals surface area contributed by atoms with E-state index in [0.29, 0.717) is 11.5 Å². The van der Waals surface area contributed by atoms with Gasteiger partial charge in [0.2, 0.25) is 0 Å². The molecule has 1 atom stereocenters. The molecule has 2 rings (SSSR count). The van der Waals surface area contributed by atoms with Crippen LogP contribution in [0.5, 0.6) is 0 Å². The average molecular weight is 328 g/mol. The van der Waals surface area contributed by atoms with Crippen LogP contribution in [0.15, 0.2) is 16.7 Å². The number of pyridine rings is 1. The summed E-state index contributed by atoms with van der Waals surface area (Å²) in [6.45, 7) is 3.56. The number of nitrogens with one attached hydrogen (secondary N) is 1. The van der Waals surface area contributed by atoms with Crippen molar-refractivity contribution in [2.45, 2.75) is 25.8 Å². The van der Waals surface area contributed by atoms with Crippen molar-refractivity contribution >= 4 is 27.7 Å². The first-order valence-electron chi connectivity index (χ1n) is 6.37. The largest absolute Gasteiger partial charge is 0.383 e. The minimum Gasteiger partial charge on any atom is -0.383 e. The van der Waals surface area contributed by atoms with Gasteiger partial charge in [-0.2, -0.15) is 0 Å². The van der Waals surface area contributed by atoms with Gasteiger partial charge in [0.05, 0.1) is 5.56 Å². The highest BCUT2D eigenvalue weighted by molar-refractivity contribution is 9.10. The summed E-state index contributed by atoms with van der Waals surface area (Å²) in [4.78, 5) is 16.2. The molecule has 2 heterocycles. The zero-order valence-corrected chi connectivity index (χ0v) is 12.4. The molecule has 1 saturated heterocycles. The van der Waals surface area contributed by atoms with Crippen LogP contribution in [0.2, 0.25) is 0 Å². The van der Waals surface area contributed by atoms with Gasteiger partial charge in [0, 0.05) is 29.9 Å². The summed E-state index contributed by atoms with van der Waals surface area (Å²) in [6.07, 6.45) is 3.54. The Balaban J connectivity index is 2.01. The molecular weight excluding hydrogens is 310 g/mol. The Bertz CT molecular complexity index is 461. The zero-order valence-electron chi connectivity index (χ0n) is 10.9. The maximum absolute atomic E-state index is 12.2. The maximum atomic E-state index is 12.2. The highest BCUT2D eigenvalue weighted by atomic mass is 79.9. The number of aromatic nitrogens is 1. The van der Waals surface area contributed by atoms with Gasteiger partial charge >= 0.3 is 0 Å². The molecule has 0 radical (unpaired) electrons. The Morgan fingerprint density at radius 3 is 2.95 bits per heavy atom. The quantitative estimate of drug-likeness (QED) is 0.889. The molecule has 3 N–H and O–H groups in total. The molecule has 1 aromatic heterocycles. The van der Waals surface area contributed by atoms with E-state index in [1.165, 1.54) is 0 Å². The molecule has 5 nitrogen and oxygen atoms in total. The fourth-order valence-electron chi connectivity index (χ4n) is 2.25. The fraction of sp³-hybridized carbons (Fsp3) is 0.538. The van der Waals surface area contributed by atoms with Gasteiger partial charge in [-0.3, -0.25) is 4.79 Å². The number of ether oxygens (including phenoxy) is 1. The zero-order chi connectivity index (χ0) is 13.8. The van der Waals surface area contributed by atoms with E-state index in [1.54, 1.807) is 12.3 Å². The molecule has 1 aliphatic heterocycles. The van der Waals surface area contributed by atoms with Crippen LogP contribution in [-0.2, 0) is 4.74 Å². The molecule has 0 bridgehead atoms. The Hall–Kier alpha value is -1.14. The maximum Gasteiger partial charge on any atom is 0.255 e. The average Bonchev–Trinajstić information content (AvgIpc) is 2.42. The van der Waals surface area contributed by atoms with Crippen LogP contribution in [0.1, 0.15) is 30.1 Å². The minimum atomic E-state index is -0.176. The normalized spacial score (nSPS) is 18.0. The standard InChI is InChI=1S/C13H18BrN3O2/c1-8(9-2-4-19-5-3-9)17-13(18)11-6-10(14)7-16-12(11)15/h6-9H,2-5H2,1H3,(H2,15,16)(H,17,18). The number of hydrogen-bond donors (Lipinski definition) is 2. The summed E-state index contributed by atoms with van der Waals surface area (Å²) in [5, 5.41) is 3.00. The number of nitrogens with two attached hydrogens (primary N) is 1. The van der Waals surface area contributed by atoms with Gasteiger partial charge < -0.3 is 15.8 Å². The molecule has 6 heteroatoms. The second-order valence-electron chi connectivity index (χ2n) is 4.80. The van der Waals surface area contributed by atoms with Crippen LogP contribution in [0.25, 0.3) is 0 Å². The van der Waals surface area contributed by atoms with E-state index in [9.17, 15) is 4.79 Å². The van der Waals surface area contributed by atoms with E-state index in [1.807, 2.05) is 6.92 Å². The summed E-state index contributed by atoms with van der Waals surface area (Å²) in [5.74, 6) is 0.532. The molecule has 0 saturated carbocycles. The van der Waals surface area contributed by atoms with E-state index < -0.39 is 0 Å². The number of halogens is 1. The summed E-state index contributed by atoms with van der Waals surface area (Å²) in [6, 6.07) is 1.80. The Kier molecular flexibility index (Phi) is 4.76. The number of anilines is 1. The van der Waals surface area contributed by atoms with Crippen LogP contribution in [-0.4, -0.2) is 30.1 Å². The monoisotopic (exact) mass is 327 g/mol. The van der Waals surface area contributed by atoms with Gasteiger partial charge in [0.25, 0.3) is 5.91 Å². The molecule has 1 fully saturated rings.